The molecule has 29 heavy (non-hydrogen) atoms. The molecule has 0 bridgehead atoms. The number of hydrogen-bond acceptors (Lipinski definition) is 3. The van der Waals surface area contributed by atoms with E-state index in [1.807, 2.05) is 73.7 Å². The molecule has 1 unspecified atom stereocenters. The van der Waals surface area contributed by atoms with Gasteiger partial charge in [-0.3, -0.25) is 9.78 Å². The van der Waals surface area contributed by atoms with Crippen molar-refractivity contribution in [2.75, 3.05) is 7.11 Å². The quantitative estimate of drug-likeness (QED) is 0.503. The minimum atomic E-state index is -0.141. The van der Waals surface area contributed by atoms with Crippen molar-refractivity contribution in [2.24, 2.45) is 0 Å². The molecular formula is C25H22N2O2. The van der Waals surface area contributed by atoms with Crippen molar-refractivity contribution in [3.63, 3.8) is 0 Å². The topological polar surface area (TPSA) is 51.2 Å². The van der Waals surface area contributed by atoms with Gasteiger partial charge in [-0.2, -0.15) is 0 Å². The smallest absolute Gasteiger partial charge is 0.251 e. The van der Waals surface area contributed by atoms with Gasteiger partial charge in [-0.1, -0.05) is 42.5 Å². The van der Waals surface area contributed by atoms with Gasteiger partial charge in [-0.25, -0.2) is 0 Å². The van der Waals surface area contributed by atoms with Gasteiger partial charge in [-0.05, 0) is 59.3 Å². The van der Waals surface area contributed by atoms with Crippen molar-refractivity contribution in [3.05, 3.63) is 96.3 Å². The Bertz CT molecular complexity index is 1140. The van der Waals surface area contributed by atoms with Crippen LogP contribution < -0.4 is 10.1 Å². The second-order valence-corrected chi connectivity index (χ2v) is 6.91. The third kappa shape index (κ3) is 3.83. The first-order valence-electron chi connectivity index (χ1n) is 9.54. The standard InChI is InChI=1S/C25H22N2O2/c1-17(21-11-12-24(29-2)23-6-4-3-5-22(21)23)27-25(28)20-9-7-18(8-10-20)19-13-15-26-16-14-19/h3-17H,1-2H3,(H,27,28). The molecular weight excluding hydrogens is 360 g/mol. The van der Waals surface area contributed by atoms with Crippen LogP contribution in [0.5, 0.6) is 5.75 Å². The molecule has 1 amide bonds. The molecule has 0 saturated heterocycles. The van der Waals surface area contributed by atoms with Crippen molar-refractivity contribution >= 4 is 16.7 Å². The van der Waals surface area contributed by atoms with E-state index in [1.54, 1.807) is 19.5 Å². The first-order chi connectivity index (χ1) is 14.2. The molecule has 0 saturated carbocycles. The Morgan fingerprint density at radius 3 is 2.21 bits per heavy atom. The zero-order chi connectivity index (χ0) is 20.2. The summed E-state index contributed by atoms with van der Waals surface area (Å²) in [5.74, 6) is 0.730. The van der Waals surface area contributed by atoms with Gasteiger partial charge >= 0.3 is 0 Å². The fraction of sp³-hybridized carbons (Fsp3) is 0.120. The van der Waals surface area contributed by atoms with E-state index in [0.717, 1.165) is 33.2 Å². The molecule has 0 fully saturated rings. The lowest BCUT2D eigenvalue weighted by Gasteiger charge is -2.18. The number of methoxy groups -OCH3 is 1. The van der Waals surface area contributed by atoms with Gasteiger partial charge in [-0.15, -0.1) is 0 Å². The summed E-state index contributed by atoms with van der Waals surface area (Å²) < 4.78 is 5.47. The Hall–Kier alpha value is -3.66. The Balaban J connectivity index is 1.55. The third-order valence-corrected chi connectivity index (χ3v) is 5.11. The molecule has 1 N–H and O–H groups in total. The Kier molecular flexibility index (Phi) is 5.25. The molecule has 0 aliphatic heterocycles. The first kappa shape index (κ1) is 18.7. The number of rotatable bonds is 5. The van der Waals surface area contributed by atoms with E-state index in [9.17, 15) is 4.79 Å². The number of hydrogen-bond donors (Lipinski definition) is 1. The number of carbonyl (C=O) groups is 1. The van der Waals surface area contributed by atoms with Crippen LogP contribution in [-0.2, 0) is 0 Å². The molecule has 4 rings (SSSR count). The zero-order valence-corrected chi connectivity index (χ0v) is 16.4. The van der Waals surface area contributed by atoms with Gasteiger partial charge in [0.15, 0.2) is 0 Å². The van der Waals surface area contributed by atoms with Crippen LogP contribution in [0.1, 0.15) is 28.9 Å². The number of carbonyl (C=O) groups excluding carboxylic acids is 1. The van der Waals surface area contributed by atoms with Gasteiger partial charge in [0.2, 0.25) is 0 Å². The van der Waals surface area contributed by atoms with Crippen LogP contribution in [0.25, 0.3) is 21.9 Å². The number of ether oxygens (including phenoxy) is 1. The Labute approximate surface area is 170 Å². The van der Waals surface area contributed by atoms with E-state index in [-0.39, 0.29) is 11.9 Å². The fourth-order valence-corrected chi connectivity index (χ4v) is 3.57. The zero-order valence-electron chi connectivity index (χ0n) is 16.4. The number of nitrogens with one attached hydrogen (secondary N) is 1. The Morgan fingerprint density at radius 2 is 1.52 bits per heavy atom. The highest BCUT2D eigenvalue weighted by atomic mass is 16.5. The molecule has 3 aromatic carbocycles. The molecule has 144 valence electrons. The highest BCUT2D eigenvalue weighted by molar-refractivity contribution is 5.96. The van der Waals surface area contributed by atoms with Crippen molar-refractivity contribution in [1.29, 1.82) is 0 Å². The Morgan fingerprint density at radius 1 is 0.862 bits per heavy atom. The van der Waals surface area contributed by atoms with Gasteiger partial charge in [0.1, 0.15) is 5.75 Å². The molecule has 1 atom stereocenters. The second kappa shape index (κ2) is 8.15. The van der Waals surface area contributed by atoms with E-state index < -0.39 is 0 Å². The van der Waals surface area contributed by atoms with Crippen LogP contribution in [-0.4, -0.2) is 18.0 Å². The molecule has 0 radical (unpaired) electrons. The van der Waals surface area contributed by atoms with Crippen molar-refractivity contribution < 1.29 is 9.53 Å². The number of nitrogens with zero attached hydrogens (tertiary/aromatic N) is 1. The maximum atomic E-state index is 12.8. The largest absolute Gasteiger partial charge is 0.496 e. The van der Waals surface area contributed by atoms with Gasteiger partial charge in [0.25, 0.3) is 5.91 Å². The lowest BCUT2D eigenvalue weighted by molar-refractivity contribution is 0.0940. The second-order valence-electron chi connectivity index (χ2n) is 6.91. The molecule has 0 aliphatic carbocycles. The van der Waals surface area contributed by atoms with Crippen LogP contribution >= 0.6 is 0 Å². The van der Waals surface area contributed by atoms with Gasteiger partial charge < -0.3 is 10.1 Å². The van der Waals surface area contributed by atoms with Crippen molar-refractivity contribution in [2.45, 2.75) is 13.0 Å². The summed E-state index contributed by atoms with van der Waals surface area (Å²) in [6.07, 6.45) is 3.52. The van der Waals surface area contributed by atoms with Crippen LogP contribution in [0.4, 0.5) is 0 Å². The van der Waals surface area contributed by atoms with Crippen molar-refractivity contribution in [3.8, 4) is 16.9 Å². The summed E-state index contributed by atoms with van der Waals surface area (Å²) in [6.45, 7) is 2.00. The number of amides is 1. The van der Waals surface area contributed by atoms with Gasteiger partial charge in [0, 0.05) is 23.3 Å². The maximum Gasteiger partial charge on any atom is 0.251 e. The summed E-state index contributed by atoms with van der Waals surface area (Å²) in [5.41, 5.74) is 3.82. The van der Waals surface area contributed by atoms with E-state index in [4.69, 9.17) is 4.74 Å². The minimum absolute atomic E-state index is 0.0984. The van der Waals surface area contributed by atoms with Crippen LogP contribution in [0.15, 0.2) is 85.2 Å². The summed E-state index contributed by atoms with van der Waals surface area (Å²) in [7, 11) is 1.67. The van der Waals surface area contributed by atoms with E-state index in [2.05, 4.69) is 16.4 Å². The number of aromatic nitrogens is 1. The van der Waals surface area contributed by atoms with Gasteiger partial charge in [0.05, 0.1) is 13.2 Å². The first-order valence-corrected chi connectivity index (χ1v) is 9.54. The SMILES string of the molecule is COc1ccc(C(C)NC(=O)c2ccc(-c3ccncc3)cc2)c2ccccc12. The predicted molar refractivity (Wildman–Crippen MR) is 116 cm³/mol. The molecule has 0 aliphatic rings. The molecule has 4 aromatic rings. The van der Waals surface area contributed by atoms with Crippen LogP contribution in [0.3, 0.4) is 0 Å². The van der Waals surface area contributed by atoms with E-state index in [1.165, 1.54) is 0 Å². The number of fused-ring (bicyclic) bond motifs is 1. The average molecular weight is 382 g/mol. The summed E-state index contributed by atoms with van der Waals surface area (Å²) in [4.78, 5) is 16.8. The highest BCUT2D eigenvalue weighted by Crippen LogP contribution is 2.31. The van der Waals surface area contributed by atoms with Crippen LogP contribution in [0, 0.1) is 0 Å². The number of benzene rings is 3. The fourth-order valence-electron chi connectivity index (χ4n) is 3.57. The van der Waals surface area contributed by atoms with Crippen molar-refractivity contribution in [1.82, 2.24) is 10.3 Å². The molecule has 0 spiro atoms. The maximum absolute atomic E-state index is 12.8. The average Bonchev–Trinajstić information content (AvgIpc) is 2.79. The molecule has 1 aromatic heterocycles. The summed E-state index contributed by atoms with van der Waals surface area (Å²) >= 11 is 0. The predicted octanol–water partition coefficient (Wildman–Crippen LogP) is 5.40. The molecule has 4 nitrogen and oxygen atoms in total. The molecule has 1 heterocycles. The summed E-state index contributed by atoms with van der Waals surface area (Å²) in [6, 6.07) is 23.4. The summed E-state index contributed by atoms with van der Waals surface area (Å²) in [5, 5.41) is 5.23. The highest BCUT2D eigenvalue weighted by Gasteiger charge is 2.15. The van der Waals surface area contributed by atoms with E-state index >= 15 is 0 Å². The lowest BCUT2D eigenvalue weighted by atomic mass is 9.98. The molecule has 4 heteroatoms. The lowest BCUT2D eigenvalue weighted by Crippen LogP contribution is -2.26. The third-order valence-electron chi connectivity index (χ3n) is 5.11. The van der Waals surface area contributed by atoms with Crippen LogP contribution in [0.2, 0.25) is 0 Å². The number of pyridine rings is 1. The normalized spacial score (nSPS) is 11.8. The van der Waals surface area contributed by atoms with E-state index in [0.29, 0.717) is 5.56 Å². The minimum Gasteiger partial charge on any atom is -0.496 e. The monoisotopic (exact) mass is 382 g/mol.